The van der Waals surface area contributed by atoms with Gasteiger partial charge in [0, 0.05) is 19.6 Å². The van der Waals surface area contributed by atoms with Crippen LogP contribution < -0.4 is 10.1 Å². The number of hydrogen-bond acceptors (Lipinski definition) is 4. The first-order chi connectivity index (χ1) is 22.0. The number of benzene rings is 4. The van der Waals surface area contributed by atoms with Crippen molar-refractivity contribution in [1.29, 1.82) is 0 Å². The normalized spacial score (nSPS) is 11.8. The molecule has 0 spiro atoms. The van der Waals surface area contributed by atoms with Gasteiger partial charge in [0.15, 0.2) is 0 Å². The molecule has 4 aromatic rings. The summed E-state index contributed by atoms with van der Waals surface area (Å²) >= 11 is 6.39. The molecule has 6 nitrogen and oxygen atoms in total. The number of ether oxygens (including phenoxy) is 1. The third-order valence-electron chi connectivity index (χ3n) is 7.81. The smallest absolute Gasteiger partial charge is 0.417 e. The molecule has 0 fully saturated rings. The highest BCUT2D eigenvalue weighted by Gasteiger charge is 2.37. The molecule has 242 valence electrons. The molecule has 46 heavy (non-hydrogen) atoms. The summed E-state index contributed by atoms with van der Waals surface area (Å²) in [6, 6.07) is 30.7. The molecule has 0 aliphatic heterocycles. The van der Waals surface area contributed by atoms with Crippen molar-refractivity contribution in [3.63, 3.8) is 0 Å². The number of carboxylic acids is 1. The number of carboxylic acid groups (broad SMARTS) is 1. The van der Waals surface area contributed by atoms with E-state index in [2.05, 4.69) is 17.1 Å². The topological polar surface area (TPSA) is 78.9 Å². The zero-order chi connectivity index (χ0) is 33.2. The molecule has 1 amide bonds. The number of alkyl halides is 3. The van der Waals surface area contributed by atoms with Crippen molar-refractivity contribution >= 4 is 23.5 Å². The summed E-state index contributed by atoms with van der Waals surface area (Å²) in [7, 11) is 0. The molecule has 10 heteroatoms. The van der Waals surface area contributed by atoms with Gasteiger partial charge in [0.1, 0.15) is 5.75 Å². The van der Waals surface area contributed by atoms with E-state index in [1.54, 1.807) is 30.3 Å². The second-order valence-corrected chi connectivity index (χ2v) is 11.4. The van der Waals surface area contributed by atoms with Crippen LogP contribution in [0, 0.1) is 0 Å². The lowest BCUT2D eigenvalue weighted by atomic mass is 9.82. The fraction of sp³-hybridized carbons (Fsp3) is 0.278. The van der Waals surface area contributed by atoms with Gasteiger partial charge in [-0.25, -0.2) is 0 Å². The van der Waals surface area contributed by atoms with Crippen molar-refractivity contribution in [3.05, 3.63) is 136 Å². The minimum absolute atomic E-state index is 0.0530. The summed E-state index contributed by atoms with van der Waals surface area (Å²) in [5, 5.41) is 11.0. The molecule has 0 aliphatic carbocycles. The average Bonchev–Trinajstić information content (AvgIpc) is 3.03. The van der Waals surface area contributed by atoms with Crippen LogP contribution in [-0.2, 0) is 34.3 Å². The number of amides is 1. The van der Waals surface area contributed by atoms with Crippen LogP contribution in [0.5, 0.6) is 5.75 Å². The molecular formula is C36H36ClF3N2O4. The molecule has 0 radical (unpaired) electrons. The van der Waals surface area contributed by atoms with Gasteiger partial charge >= 0.3 is 12.1 Å². The number of rotatable bonds is 15. The Kier molecular flexibility index (Phi) is 11.8. The van der Waals surface area contributed by atoms with Gasteiger partial charge in [-0.1, -0.05) is 96.5 Å². The first-order valence-corrected chi connectivity index (χ1v) is 15.3. The lowest BCUT2D eigenvalue weighted by Gasteiger charge is -2.43. The van der Waals surface area contributed by atoms with Crippen LogP contribution in [0.2, 0.25) is 5.02 Å². The SMILES string of the molecule is CC(c1ccccc1)(c1ccccc1)N(CCCOc1cccc(CC(=O)NCCC(=O)O)c1)Cc1cccc(C(F)(F)F)c1Cl. The van der Waals surface area contributed by atoms with Crippen LogP contribution in [0.1, 0.15) is 47.6 Å². The van der Waals surface area contributed by atoms with Crippen molar-refractivity contribution in [2.75, 3.05) is 19.7 Å². The molecule has 2 N–H and O–H groups in total. The van der Waals surface area contributed by atoms with E-state index in [-0.39, 0.29) is 36.9 Å². The fourth-order valence-corrected chi connectivity index (χ4v) is 5.68. The lowest BCUT2D eigenvalue weighted by Crippen LogP contribution is -2.45. The Labute approximate surface area is 271 Å². The monoisotopic (exact) mass is 652 g/mol. The van der Waals surface area contributed by atoms with E-state index in [1.807, 2.05) is 60.7 Å². The minimum Gasteiger partial charge on any atom is -0.494 e. The zero-order valence-corrected chi connectivity index (χ0v) is 26.2. The summed E-state index contributed by atoms with van der Waals surface area (Å²) in [6.45, 7) is 3.03. The number of nitrogens with zero attached hydrogens (tertiary/aromatic N) is 1. The van der Waals surface area contributed by atoms with E-state index in [4.69, 9.17) is 21.4 Å². The van der Waals surface area contributed by atoms with Crippen molar-refractivity contribution in [2.24, 2.45) is 0 Å². The van der Waals surface area contributed by atoms with E-state index in [0.717, 1.165) is 17.2 Å². The molecule has 0 unspecified atom stereocenters. The van der Waals surface area contributed by atoms with Crippen molar-refractivity contribution in [2.45, 2.75) is 44.4 Å². The molecule has 0 aliphatic rings. The van der Waals surface area contributed by atoms with Crippen LogP contribution in [0.3, 0.4) is 0 Å². The van der Waals surface area contributed by atoms with E-state index in [0.29, 0.717) is 36.4 Å². The Bertz CT molecular complexity index is 1560. The average molecular weight is 653 g/mol. The first kappa shape index (κ1) is 34.5. The van der Waals surface area contributed by atoms with E-state index in [9.17, 15) is 22.8 Å². The van der Waals surface area contributed by atoms with Gasteiger partial charge in [-0.05, 0) is 53.8 Å². The molecular weight excluding hydrogens is 617 g/mol. The molecule has 0 atom stereocenters. The summed E-state index contributed by atoms with van der Waals surface area (Å²) in [6.07, 6.45) is -4.12. The van der Waals surface area contributed by atoms with Gasteiger partial charge < -0.3 is 15.2 Å². The molecule has 0 aromatic heterocycles. The Morgan fingerprint density at radius 2 is 1.52 bits per heavy atom. The van der Waals surface area contributed by atoms with Gasteiger partial charge in [-0.3, -0.25) is 14.5 Å². The zero-order valence-electron chi connectivity index (χ0n) is 25.4. The van der Waals surface area contributed by atoms with E-state index >= 15 is 0 Å². The summed E-state index contributed by atoms with van der Waals surface area (Å²) in [5.41, 5.74) is 1.43. The molecule has 0 heterocycles. The Morgan fingerprint density at radius 3 is 2.13 bits per heavy atom. The maximum atomic E-state index is 13.8. The summed E-state index contributed by atoms with van der Waals surface area (Å²) < 4.78 is 47.3. The summed E-state index contributed by atoms with van der Waals surface area (Å²) in [5.74, 6) is -0.708. The van der Waals surface area contributed by atoms with Crippen LogP contribution in [0.15, 0.2) is 103 Å². The maximum absolute atomic E-state index is 13.8. The lowest BCUT2D eigenvalue weighted by molar-refractivity contribution is -0.138. The van der Waals surface area contributed by atoms with Crippen LogP contribution in [-0.4, -0.2) is 41.6 Å². The third kappa shape index (κ3) is 9.11. The number of carbonyl (C=O) groups is 2. The van der Waals surface area contributed by atoms with Crippen LogP contribution >= 0.6 is 11.6 Å². The quantitative estimate of drug-likeness (QED) is 0.129. The van der Waals surface area contributed by atoms with Gasteiger partial charge in [-0.15, -0.1) is 0 Å². The molecule has 4 aromatic carbocycles. The number of hydrogen-bond donors (Lipinski definition) is 2. The number of carbonyl (C=O) groups excluding carboxylic acids is 1. The van der Waals surface area contributed by atoms with Crippen molar-refractivity contribution in [3.8, 4) is 5.75 Å². The van der Waals surface area contributed by atoms with Gasteiger partial charge in [-0.2, -0.15) is 13.2 Å². The highest BCUT2D eigenvalue weighted by Crippen LogP contribution is 2.40. The second-order valence-electron chi connectivity index (χ2n) is 11.0. The number of nitrogens with one attached hydrogen (secondary N) is 1. The minimum atomic E-state index is -4.58. The van der Waals surface area contributed by atoms with Gasteiger partial charge in [0.25, 0.3) is 0 Å². The Hall–Kier alpha value is -4.34. The maximum Gasteiger partial charge on any atom is 0.417 e. The Morgan fingerprint density at radius 1 is 0.891 bits per heavy atom. The number of halogens is 4. The fourth-order valence-electron chi connectivity index (χ4n) is 5.39. The second kappa shape index (κ2) is 15.8. The predicted molar refractivity (Wildman–Crippen MR) is 172 cm³/mol. The van der Waals surface area contributed by atoms with Crippen LogP contribution in [0.25, 0.3) is 0 Å². The van der Waals surface area contributed by atoms with Gasteiger partial charge in [0.2, 0.25) is 5.91 Å². The third-order valence-corrected chi connectivity index (χ3v) is 8.26. The first-order valence-electron chi connectivity index (χ1n) is 14.9. The largest absolute Gasteiger partial charge is 0.494 e. The summed E-state index contributed by atoms with van der Waals surface area (Å²) in [4.78, 5) is 25.0. The standard InChI is InChI=1S/C36H36ClF3N2O4/c1-35(28-13-4-2-5-14-28,29-15-6-3-7-16-29)42(25-27-12-9-18-31(34(27)37)36(38,39)40)21-10-22-46-30-17-8-11-26(23-30)24-32(43)41-20-19-33(44)45/h2-9,11-18,23H,10,19-22,24-25H2,1H3,(H,41,43)(H,44,45). The van der Waals surface area contributed by atoms with E-state index < -0.39 is 23.2 Å². The Balaban J connectivity index is 1.55. The van der Waals surface area contributed by atoms with Crippen molar-refractivity contribution < 1.29 is 32.6 Å². The number of aliphatic carboxylic acids is 1. The van der Waals surface area contributed by atoms with E-state index in [1.165, 1.54) is 6.07 Å². The molecule has 0 saturated heterocycles. The molecule has 0 saturated carbocycles. The highest BCUT2D eigenvalue weighted by molar-refractivity contribution is 6.32. The predicted octanol–water partition coefficient (Wildman–Crippen LogP) is 7.73. The van der Waals surface area contributed by atoms with Gasteiger partial charge in [0.05, 0.1) is 35.6 Å². The molecule has 0 bridgehead atoms. The highest BCUT2D eigenvalue weighted by atomic mass is 35.5. The van der Waals surface area contributed by atoms with Crippen LogP contribution in [0.4, 0.5) is 13.2 Å². The molecule has 4 rings (SSSR count). The van der Waals surface area contributed by atoms with Crippen molar-refractivity contribution in [1.82, 2.24) is 10.2 Å².